The lowest BCUT2D eigenvalue weighted by atomic mass is 9.81. The van der Waals surface area contributed by atoms with Crippen molar-refractivity contribution in [2.75, 3.05) is 39.3 Å². The maximum atomic E-state index is 10.2. The fourth-order valence-electron chi connectivity index (χ4n) is 3.41. The topological polar surface area (TPSA) is 26.7 Å². The van der Waals surface area contributed by atoms with Gasteiger partial charge in [-0.1, -0.05) is 13.8 Å². The summed E-state index contributed by atoms with van der Waals surface area (Å²) < 4.78 is 0. The predicted octanol–water partition coefficient (Wildman–Crippen LogP) is 1.03. The van der Waals surface area contributed by atoms with E-state index in [1.165, 1.54) is 25.9 Å². The molecule has 2 bridgehead atoms. The lowest BCUT2D eigenvalue weighted by Crippen LogP contribution is -2.60. The molecule has 0 amide bonds. The molecule has 0 unspecified atom stereocenters. The van der Waals surface area contributed by atoms with Crippen molar-refractivity contribution in [3.63, 3.8) is 0 Å². The van der Waals surface area contributed by atoms with Gasteiger partial charge in [0.05, 0.1) is 6.10 Å². The number of nitrogens with zero attached hydrogens (tertiary/aromatic N) is 2. The van der Waals surface area contributed by atoms with E-state index in [0.29, 0.717) is 11.8 Å². The highest BCUT2D eigenvalue weighted by atomic mass is 16.3. The molecule has 0 aromatic heterocycles. The minimum absolute atomic E-state index is 0.0405. The van der Waals surface area contributed by atoms with Gasteiger partial charge in [-0.2, -0.15) is 0 Å². The van der Waals surface area contributed by atoms with Gasteiger partial charge in [0, 0.05) is 38.0 Å². The van der Waals surface area contributed by atoms with Crippen molar-refractivity contribution < 1.29 is 5.11 Å². The molecule has 2 rings (SSSR count). The second-order valence-electron chi connectivity index (χ2n) is 5.53. The largest absolute Gasteiger partial charge is 0.392 e. The molecule has 1 N–H and O–H groups in total. The fourth-order valence-corrected chi connectivity index (χ4v) is 3.41. The van der Waals surface area contributed by atoms with Crippen LogP contribution in [0.15, 0.2) is 0 Å². The van der Waals surface area contributed by atoms with Crippen molar-refractivity contribution in [3.8, 4) is 0 Å². The number of aliphatic hydroxyl groups is 1. The molecular formula is C13H26N2O. The lowest BCUT2D eigenvalue weighted by molar-refractivity contribution is -0.0776. The van der Waals surface area contributed by atoms with E-state index < -0.39 is 0 Å². The fraction of sp³-hybridized carbons (Fsp3) is 1.00. The van der Waals surface area contributed by atoms with E-state index >= 15 is 0 Å². The maximum absolute atomic E-state index is 10.2. The summed E-state index contributed by atoms with van der Waals surface area (Å²) in [6, 6.07) is 0. The highest BCUT2D eigenvalue weighted by Crippen LogP contribution is 2.29. The molecule has 2 fully saturated rings. The van der Waals surface area contributed by atoms with Gasteiger partial charge in [0.1, 0.15) is 0 Å². The second kappa shape index (κ2) is 5.48. The Balaban J connectivity index is 1.93. The van der Waals surface area contributed by atoms with Gasteiger partial charge in [0.2, 0.25) is 0 Å². The van der Waals surface area contributed by atoms with Gasteiger partial charge in [-0.05, 0) is 25.9 Å². The molecule has 0 atom stereocenters. The normalized spacial score (nSPS) is 36.6. The second-order valence-corrected chi connectivity index (χ2v) is 5.53. The van der Waals surface area contributed by atoms with E-state index in [4.69, 9.17) is 0 Å². The minimum Gasteiger partial charge on any atom is -0.392 e. The zero-order valence-corrected chi connectivity index (χ0v) is 10.7. The lowest BCUT2D eigenvalue weighted by Gasteiger charge is -2.49. The zero-order valence-electron chi connectivity index (χ0n) is 10.7. The van der Waals surface area contributed by atoms with Gasteiger partial charge in [-0.15, -0.1) is 0 Å². The van der Waals surface area contributed by atoms with Gasteiger partial charge >= 0.3 is 0 Å². The molecule has 0 radical (unpaired) electrons. The third-order valence-corrected chi connectivity index (χ3v) is 4.02. The van der Waals surface area contributed by atoms with Crippen LogP contribution in [0, 0.1) is 11.8 Å². The van der Waals surface area contributed by atoms with Crippen molar-refractivity contribution in [2.24, 2.45) is 11.8 Å². The quantitative estimate of drug-likeness (QED) is 0.775. The SMILES string of the molecule is CCCN1CC2CN(CCC)CC(C1)C2O. The number of hydrogen-bond donors (Lipinski definition) is 1. The molecule has 0 spiro atoms. The van der Waals surface area contributed by atoms with Crippen molar-refractivity contribution in [2.45, 2.75) is 32.8 Å². The molecule has 0 aromatic rings. The van der Waals surface area contributed by atoms with E-state index in [9.17, 15) is 5.11 Å². The smallest absolute Gasteiger partial charge is 0.0645 e. The highest BCUT2D eigenvalue weighted by molar-refractivity contribution is 4.93. The summed E-state index contributed by atoms with van der Waals surface area (Å²) in [5, 5.41) is 10.2. The van der Waals surface area contributed by atoms with Crippen LogP contribution in [0.3, 0.4) is 0 Å². The van der Waals surface area contributed by atoms with E-state index in [-0.39, 0.29) is 6.10 Å². The number of hydrogen-bond acceptors (Lipinski definition) is 3. The van der Waals surface area contributed by atoms with Crippen molar-refractivity contribution >= 4 is 0 Å². The number of likely N-dealkylation sites (tertiary alicyclic amines) is 2. The van der Waals surface area contributed by atoms with Gasteiger partial charge in [-0.25, -0.2) is 0 Å². The van der Waals surface area contributed by atoms with Crippen LogP contribution in [0.2, 0.25) is 0 Å². The molecule has 2 saturated heterocycles. The molecule has 16 heavy (non-hydrogen) atoms. The molecule has 3 nitrogen and oxygen atoms in total. The highest BCUT2D eigenvalue weighted by Gasteiger charge is 2.40. The number of aliphatic hydroxyl groups excluding tert-OH is 1. The molecule has 94 valence electrons. The van der Waals surface area contributed by atoms with Crippen LogP contribution in [0.25, 0.3) is 0 Å². The average molecular weight is 226 g/mol. The van der Waals surface area contributed by atoms with Crippen molar-refractivity contribution in [1.82, 2.24) is 9.80 Å². The molecular weight excluding hydrogens is 200 g/mol. The summed E-state index contributed by atoms with van der Waals surface area (Å²) in [7, 11) is 0. The van der Waals surface area contributed by atoms with Gasteiger partial charge in [-0.3, -0.25) is 0 Å². The van der Waals surface area contributed by atoms with E-state index in [0.717, 1.165) is 26.2 Å². The maximum Gasteiger partial charge on any atom is 0.0645 e. The van der Waals surface area contributed by atoms with Crippen LogP contribution in [0.4, 0.5) is 0 Å². The summed E-state index contributed by atoms with van der Waals surface area (Å²) in [5.74, 6) is 0.983. The molecule has 0 saturated carbocycles. The first-order valence-electron chi connectivity index (χ1n) is 6.87. The van der Waals surface area contributed by atoms with Crippen LogP contribution >= 0.6 is 0 Å². The summed E-state index contributed by atoms with van der Waals surface area (Å²) >= 11 is 0. The summed E-state index contributed by atoms with van der Waals surface area (Å²) in [4.78, 5) is 5.09. The van der Waals surface area contributed by atoms with Crippen LogP contribution < -0.4 is 0 Å². The predicted molar refractivity (Wildman–Crippen MR) is 66.4 cm³/mol. The van der Waals surface area contributed by atoms with Gasteiger partial charge in [0.25, 0.3) is 0 Å². The Bertz CT molecular complexity index is 188. The third kappa shape index (κ3) is 2.58. The first-order valence-corrected chi connectivity index (χ1v) is 6.87. The Kier molecular flexibility index (Phi) is 4.22. The minimum atomic E-state index is -0.0405. The molecule has 2 aliphatic heterocycles. The van der Waals surface area contributed by atoms with Gasteiger partial charge < -0.3 is 14.9 Å². The summed E-state index contributed by atoms with van der Waals surface area (Å²) in [6.45, 7) is 11.3. The first kappa shape index (κ1) is 12.3. The molecule has 2 heterocycles. The first-order chi connectivity index (χ1) is 7.74. The van der Waals surface area contributed by atoms with Crippen molar-refractivity contribution in [1.29, 1.82) is 0 Å². The number of rotatable bonds is 4. The standard InChI is InChI=1S/C13H26N2O/c1-3-5-14-7-11-9-15(6-4-2)10-12(8-14)13(11)16/h11-13,16H,3-10H2,1-2H3. The summed E-state index contributed by atoms with van der Waals surface area (Å²) in [6.07, 6.45) is 2.42. The average Bonchev–Trinajstić information content (AvgIpc) is 2.22. The van der Waals surface area contributed by atoms with Crippen LogP contribution in [0.1, 0.15) is 26.7 Å². The van der Waals surface area contributed by atoms with Crippen LogP contribution in [-0.4, -0.2) is 60.3 Å². The molecule has 0 aromatic carbocycles. The molecule has 3 heteroatoms. The third-order valence-electron chi connectivity index (χ3n) is 4.02. The monoisotopic (exact) mass is 226 g/mol. The molecule has 2 aliphatic rings. The molecule has 0 aliphatic carbocycles. The van der Waals surface area contributed by atoms with Crippen LogP contribution in [0.5, 0.6) is 0 Å². The van der Waals surface area contributed by atoms with E-state index in [2.05, 4.69) is 23.6 Å². The number of piperidine rings is 2. The Labute approximate surface area is 99.4 Å². The Morgan fingerprint density at radius 2 is 1.25 bits per heavy atom. The van der Waals surface area contributed by atoms with Crippen molar-refractivity contribution in [3.05, 3.63) is 0 Å². The van der Waals surface area contributed by atoms with Crippen LogP contribution in [-0.2, 0) is 0 Å². The Hall–Kier alpha value is -0.120. The summed E-state index contributed by atoms with van der Waals surface area (Å²) in [5.41, 5.74) is 0. The van der Waals surface area contributed by atoms with E-state index in [1.54, 1.807) is 0 Å². The Morgan fingerprint density at radius 1 is 0.875 bits per heavy atom. The van der Waals surface area contributed by atoms with E-state index in [1.807, 2.05) is 0 Å². The number of fused-ring (bicyclic) bond motifs is 2. The van der Waals surface area contributed by atoms with Gasteiger partial charge in [0.15, 0.2) is 0 Å². The zero-order chi connectivity index (χ0) is 11.5. The Morgan fingerprint density at radius 3 is 1.56 bits per heavy atom.